The van der Waals surface area contributed by atoms with Gasteiger partial charge in [-0.1, -0.05) is 13.8 Å². The number of alkyl halides is 3. The fourth-order valence-corrected chi connectivity index (χ4v) is 1.86. The first-order valence-electron chi connectivity index (χ1n) is 4.42. The number of hydrogen-bond donors (Lipinski definition) is 1. The summed E-state index contributed by atoms with van der Waals surface area (Å²) in [5.74, 6) is 0. The van der Waals surface area contributed by atoms with Crippen LogP contribution in [0.1, 0.15) is 26.7 Å². The molecular weight excluding hydrogens is 236 g/mol. The molecule has 0 rings (SSSR count). The molecule has 0 saturated heterocycles. The van der Waals surface area contributed by atoms with Crippen LogP contribution in [0.3, 0.4) is 0 Å². The summed E-state index contributed by atoms with van der Waals surface area (Å²) in [5, 5.41) is 0. The Morgan fingerprint density at radius 1 is 1.33 bits per heavy atom. The topological polar surface area (TPSA) is 55.8 Å². The van der Waals surface area contributed by atoms with Gasteiger partial charge in [-0.3, -0.25) is 9.05 Å². The Kier molecular flexibility index (Phi) is 5.80. The van der Waals surface area contributed by atoms with Gasteiger partial charge < -0.3 is 4.89 Å². The SMILES string of the molecule is CCC(CC)OP(=O)(O)OCC(F)(F)F. The highest BCUT2D eigenvalue weighted by molar-refractivity contribution is 7.47. The summed E-state index contributed by atoms with van der Waals surface area (Å²) in [6.07, 6.45) is -4.36. The summed E-state index contributed by atoms with van der Waals surface area (Å²) < 4.78 is 54.3. The maximum atomic E-state index is 11.7. The fraction of sp³-hybridized carbons (Fsp3) is 1.00. The first-order valence-corrected chi connectivity index (χ1v) is 5.92. The Morgan fingerprint density at radius 3 is 2.13 bits per heavy atom. The minimum atomic E-state index is -4.64. The van der Waals surface area contributed by atoms with E-state index < -0.39 is 26.7 Å². The van der Waals surface area contributed by atoms with Crippen LogP contribution >= 0.6 is 7.82 Å². The summed E-state index contributed by atoms with van der Waals surface area (Å²) in [5.41, 5.74) is 0. The van der Waals surface area contributed by atoms with Crippen molar-refractivity contribution in [3.05, 3.63) is 0 Å². The van der Waals surface area contributed by atoms with E-state index in [1.54, 1.807) is 13.8 Å². The van der Waals surface area contributed by atoms with Crippen LogP contribution in [0.15, 0.2) is 0 Å². The minimum Gasteiger partial charge on any atom is -0.302 e. The molecule has 0 aromatic heterocycles. The van der Waals surface area contributed by atoms with Crippen LogP contribution in [0.4, 0.5) is 13.2 Å². The van der Waals surface area contributed by atoms with Crippen molar-refractivity contribution < 1.29 is 31.7 Å². The highest BCUT2D eigenvalue weighted by Crippen LogP contribution is 2.46. The van der Waals surface area contributed by atoms with Crippen LogP contribution in [0, 0.1) is 0 Å². The third-order valence-electron chi connectivity index (χ3n) is 1.58. The van der Waals surface area contributed by atoms with Crippen molar-refractivity contribution in [2.75, 3.05) is 6.61 Å². The van der Waals surface area contributed by atoms with Gasteiger partial charge in [0, 0.05) is 0 Å². The summed E-state index contributed by atoms with van der Waals surface area (Å²) in [4.78, 5) is 8.92. The first kappa shape index (κ1) is 14.9. The Balaban J connectivity index is 4.13. The maximum absolute atomic E-state index is 11.7. The lowest BCUT2D eigenvalue weighted by atomic mass is 10.2. The van der Waals surface area contributed by atoms with Gasteiger partial charge in [-0.25, -0.2) is 4.57 Å². The molecule has 0 amide bonds. The summed E-state index contributed by atoms with van der Waals surface area (Å²) in [7, 11) is -4.60. The van der Waals surface area contributed by atoms with E-state index in [-0.39, 0.29) is 0 Å². The van der Waals surface area contributed by atoms with Crippen LogP contribution in [-0.2, 0) is 13.6 Å². The van der Waals surface area contributed by atoms with Gasteiger partial charge in [-0.2, -0.15) is 13.2 Å². The second-order valence-corrected chi connectivity index (χ2v) is 4.31. The zero-order valence-electron chi connectivity index (χ0n) is 8.45. The molecule has 0 radical (unpaired) electrons. The molecule has 0 aromatic carbocycles. The number of rotatable bonds is 6. The van der Waals surface area contributed by atoms with Gasteiger partial charge in [0.05, 0.1) is 6.10 Å². The average Bonchev–Trinajstić information content (AvgIpc) is 2.10. The number of phosphoric ester groups is 1. The fourth-order valence-electron chi connectivity index (χ4n) is 0.811. The van der Waals surface area contributed by atoms with Crippen molar-refractivity contribution in [3.8, 4) is 0 Å². The van der Waals surface area contributed by atoms with E-state index in [9.17, 15) is 17.7 Å². The minimum absolute atomic E-state index is 0.427. The third kappa shape index (κ3) is 7.79. The second kappa shape index (κ2) is 5.84. The van der Waals surface area contributed by atoms with Gasteiger partial charge in [-0.05, 0) is 12.8 Å². The lowest BCUT2D eigenvalue weighted by Gasteiger charge is -2.18. The number of hydrogen-bond acceptors (Lipinski definition) is 3. The molecule has 1 atom stereocenters. The summed E-state index contributed by atoms with van der Waals surface area (Å²) in [6, 6.07) is 0. The maximum Gasteiger partial charge on any atom is 0.472 e. The zero-order chi connectivity index (χ0) is 12.1. The second-order valence-electron chi connectivity index (χ2n) is 2.90. The smallest absolute Gasteiger partial charge is 0.302 e. The van der Waals surface area contributed by atoms with Gasteiger partial charge >= 0.3 is 14.0 Å². The largest absolute Gasteiger partial charge is 0.472 e. The molecule has 0 aliphatic heterocycles. The highest BCUT2D eigenvalue weighted by Gasteiger charge is 2.34. The molecule has 15 heavy (non-hydrogen) atoms. The predicted molar refractivity (Wildman–Crippen MR) is 47.3 cm³/mol. The van der Waals surface area contributed by atoms with Crippen LogP contribution < -0.4 is 0 Å². The molecule has 1 unspecified atom stereocenters. The molecule has 0 aliphatic rings. The lowest BCUT2D eigenvalue weighted by molar-refractivity contribution is -0.158. The molecular formula is C7H14F3O4P. The van der Waals surface area contributed by atoms with Crippen LogP contribution in [0.5, 0.6) is 0 Å². The van der Waals surface area contributed by atoms with Crippen LogP contribution in [0.25, 0.3) is 0 Å². The van der Waals surface area contributed by atoms with E-state index in [0.29, 0.717) is 12.8 Å². The Morgan fingerprint density at radius 2 is 1.80 bits per heavy atom. The van der Waals surface area contributed by atoms with Crippen LogP contribution in [-0.4, -0.2) is 23.8 Å². The van der Waals surface area contributed by atoms with Crippen molar-refractivity contribution in [2.45, 2.75) is 39.0 Å². The van der Waals surface area contributed by atoms with Crippen molar-refractivity contribution in [1.29, 1.82) is 0 Å². The molecule has 1 N–H and O–H groups in total. The van der Waals surface area contributed by atoms with Gasteiger partial charge in [0.15, 0.2) is 6.61 Å². The zero-order valence-corrected chi connectivity index (χ0v) is 9.35. The monoisotopic (exact) mass is 250 g/mol. The Bertz CT molecular complexity index is 227. The van der Waals surface area contributed by atoms with E-state index in [4.69, 9.17) is 4.89 Å². The molecule has 0 spiro atoms. The van der Waals surface area contributed by atoms with Gasteiger partial charge in [-0.15, -0.1) is 0 Å². The summed E-state index contributed by atoms with van der Waals surface area (Å²) in [6.45, 7) is 1.59. The molecule has 0 heterocycles. The summed E-state index contributed by atoms with van der Waals surface area (Å²) >= 11 is 0. The standard InChI is InChI=1S/C7H14F3O4P/c1-3-6(4-2)14-15(11,12)13-5-7(8,9)10/h6H,3-5H2,1-2H3,(H,11,12). The quantitative estimate of drug-likeness (QED) is 0.736. The molecule has 0 aromatic rings. The molecule has 0 aliphatic carbocycles. The van der Waals surface area contributed by atoms with Crippen molar-refractivity contribution in [1.82, 2.24) is 0 Å². The highest BCUT2D eigenvalue weighted by atomic mass is 31.2. The van der Waals surface area contributed by atoms with Crippen LogP contribution in [0.2, 0.25) is 0 Å². The molecule has 92 valence electrons. The average molecular weight is 250 g/mol. The van der Waals surface area contributed by atoms with E-state index >= 15 is 0 Å². The Hall–Kier alpha value is -0.100. The van der Waals surface area contributed by atoms with E-state index in [1.165, 1.54) is 0 Å². The van der Waals surface area contributed by atoms with Gasteiger partial charge in [0.1, 0.15) is 0 Å². The van der Waals surface area contributed by atoms with Crippen molar-refractivity contribution >= 4 is 7.82 Å². The number of phosphoric acid groups is 1. The van der Waals surface area contributed by atoms with E-state index in [0.717, 1.165) is 0 Å². The molecule has 4 nitrogen and oxygen atoms in total. The van der Waals surface area contributed by atoms with E-state index in [2.05, 4.69) is 9.05 Å². The molecule has 0 bridgehead atoms. The molecule has 0 fully saturated rings. The van der Waals surface area contributed by atoms with Gasteiger partial charge in [0.25, 0.3) is 0 Å². The first-order chi connectivity index (χ1) is 6.70. The van der Waals surface area contributed by atoms with Crippen molar-refractivity contribution in [2.24, 2.45) is 0 Å². The van der Waals surface area contributed by atoms with Gasteiger partial charge in [0.2, 0.25) is 0 Å². The lowest BCUT2D eigenvalue weighted by Crippen LogP contribution is -2.18. The third-order valence-corrected chi connectivity index (χ3v) is 2.60. The molecule has 8 heteroatoms. The predicted octanol–water partition coefficient (Wildman–Crippen LogP) is 2.87. The normalized spacial score (nSPS) is 16.7. The number of halogens is 3. The Labute approximate surface area is 86.0 Å². The van der Waals surface area contributed by atoms with E-state index in [1.807, 2.05) is 0 Å². The van der Waals surface area contributed by atoms with Crippen molar-refractivity contribution in [3.63, 3.8) is 0 Å². The molecule has 0 saturated carbocycles.